The van der Waals surface area contributed by atoms with Crippen molar-refractivity contribution >= 4 is 24.0 Å². The summed E-state index contributed by atoms with van der Waals surface area (Å²) in [5, 5.41) is 13.0. The van der Waals surface area contributed by atoms with Crippen LogP contribution in [0.2, 0.25) is 5.02 Å². The van der Waals surface area contributed by atoms with Gasteiger partial charge in [0, 0.05) is 30.7 Å². The van der Waals surface area contributed by atoms with Crippen molar-refractivity contribution in [3.63, 3.8) is 0 Å². The fourth-order valence-electron chi connectivity index (χ4n) is 1.74. The summed E-state index contributed by atoms with van der Waals surface area (Å²) in [6, 6.07) is 3.60. The fourth-order valence-corrected chi connectivity index (χ4v) is 1.96. The Kier molecular flexibility index (Phi) is 10.6. The highest BCUT2D eigenvalue weighted by atomic mass is 35.5. The van der Waals surface area contributed by atoms with Crippen LogP contribution in [0.15, 0.2) is 12.1 Å². The SMILES string of the molecule is COc1cc(CNCCN(C)C)c(Cl)cc1OC(C)CO.Cl. The molecule has 0 saturated carbocycles. The van der Waals surface area contributed by atoms with Gasteiger partial charge in [-0.25, -0.2) is 0 Å². The number of ether oxygens (including phenoxy) is 2. The third kappa shape index (κ3) is 7.03. The number of aliphatic hydroxyl groups excluding tert-OH is 1. The Hall–Kier alpha value is -0.720. The summed E-state index contributed by atoms with van der Waals surface area (Å²) in [4.78, 5) is 2.11. The number of hydrogen-bond acceptors (Lipinski definition) is 5. The molecule has 0 fully saturated rings. The van der Waals surface area contributed by atoms with Crippen LogP contribution in [0.25, 0.3) is 0 Å². The van der Waals surface area contributed by atoms with E-state index in [0.29, 0.717) is 23.1 Å². The van der Waals surface area contributed by atoms with E-state index in [1.165, 1.54) is 0 Å². The molecule has 0 aliphatic carbocycles. The quantitative estimate of drug-likeness (QED) is 0.667. The number of rotatable bonds is 9. The highest BCUT2D eigenvalue weighted by Crippen LogP contribution is 2.34. The lowest BCUT2D eigenvalue weighted by Crippen LogP contribution is -2.26. The monoisotopic (exact) mass is 352 g/mol. The standard InChI is InChI=1S/C15H25ClN2O3.ClH/c1-11(10-19)21-15-8-13(16)12(7-14(15)20-4)9-17-5-6-18(2)3;/h7-8,11,17,19H,5-6,9-10H2,1-4H3;1H. The lowest BCUT2D eigenvalue weighted by molar-refractivity contribution is 0.126. The second kappa shape index (κ2) is 10.9. The Morgan fingerprint density at radius 2 is 2.00 bits per heavy atom. The Balaban J connectivity index is 0.00000441. The number of aliphatic hydroxyl groups is 1. The van der Waals surface area contributed by atoms with E-state index in [0.717, 1.165) is 18.7 Å². The minimum atomic E-state index is -0.306. The van der Waals surface area contributed by atoms with Crippen LogP contribution < -0.4 is 14.8 Å². The molecule has 0 aromatic heterocycles. The topological polar surface area (TPSA) is 54.0 Å². The van der Waals surface area contributed by atoms with Gasteiger partial charge in [-0.1, -0.05) is 11.6 Å². The first-order valence-electron chi connectivity index (χ1n) is 6.97. The largest absolute Gasteiger partial charge is 0.493 e. The van der Waals surface area contributed by atoms with Crippen molar-refractivity contribution in [2.45, 2.75) is 19.6 Å². The molecule has 5 nitrogen and oxygen atoms in total. The zero-order chi connectivity index (χ0) is 15.8. The summed E-state index contributed by atoms with van der Waals surface area (Å²) < 4.78 is 10.9. The van der Waals surface area contributed by atoms with E-state index < -0.39 is 0 Å². The molecule has 0 bridgehead atoms. The molecule has 0 amide bonds. The maximum Gasteiger partial charge on any atom is 0.163 e. The van der Waals surface area contributed by atoms with Crippen molar-refractivity contribution in [2.75, 3.05) is 40.9 Å². The van der Waals surface area contributed by atoms with Crippen LogP contribution in [0.4, 0.5) is 0 Å². The van der Waals surface area contributed by atoms with Crippen LogP contribution in [0.1, 0.15) is 12.5 Å². The molecule has 0 saturated heterocycles. The average molecular weight is 353 g/mol. The summed E-state index contributed by atoms with van der Waals surface area (Å²) in [5.41, 5.74) is 0.955. The van der Waals surface area contributed by atoms with E-state index in [-0.39, 0.29) is 25.1 Å². The van der Waals surface area contributed by atoms with Crippen LogP contribution in [-0.4, -0.2) is 57.0 Å². The number of benzene rings is 1. The van der Waals surface area contributed by atoms with Gasteiger partial charge in [-0.05, 0) is 32.6 Å². The molecule has 0 spiro atoms. The van der Waals surface area contributed by atoms with Gasteiger partial charge in [-0.15, -0.1) is 12.4 Å². The Labute approximate surface area is 144 Å². The maximum absolute atomic E-state index is 9.06. The number of halogens is 2. The number of likely N-dealkylation sites (N-methyl/N-ethyl adjacent to an activating group) is 1. The minimum Gasteiger partial charge on any atom is -0.493 e. The molecule has 128 valence electrons. The van der Waals surface area contributed by atoms with Gasteiger partial charge in [0.25, 0.3) is 0 Å². The van der Waals surface area contributed by atoms with E-state index >= 15 is 0 Å². The predicted octanol–water partition coefficient (Wildman–Crippen LogP) is 2.18. The van der Waals surface area contributed by atoms with Gasteiger partial charge >= 0.3 is 0 Å². The number of hydrogen-bond donors (Lipinski definition) is 2. The minimum absolute atomic E-state index is 0. The van der Waals surface area contributed by atoms with Gasteiger partial charge in [-0.3, -0.25) is 0 Å². The van der Waals surface area contributed by atoms with Crippen molar-refractivity contribution < 1.29 is 14.6 Å². The molecule has 0 aliphatic rings. The first-order valence-corrected chi connectivity index (χ1v) is 7.35. The van der Waals surface area contributed by atoms with E-state index in [1.807, 2.05) is 20.2 Å². The Morgan fingerprint density at radius 3 is 2.55 bits per heavy atom. The molecule has 1 aromatic carbocycles. The summed E-state index contributed by atoms with van der Waals surface area (Å²) >= 11 is 6.28. The van der Waals surface area contributed by atoms with Crippen molar-refractivity contribution in [3.8, 4) is 11.5 Å². The molecule has 0 aliphatic heterocycles. The number of nitrogens with zero attached hydrogens (tertiary/aromatic N) is 1. The zero-order valence-electron chi connectivity index (χ0n) is 13.6. The molecule has 1 unspecified atom stereocenters. The third-order valence-electron chi connectivity index (χ3n) is 2.97. The van der Waals surface area contributed by atoms with Crippen molar-refractivity contribution in [1.29, 1.82) is 0 Å². The van der Waals surface area contributed by atoms with E-state index in [9.17, 15) is 0 Å². The smallest absolute Gasteiger partial charge is 0.163 e. The second-order valence-corrected chi connectivity index (χ2v) is 5.59. The summed E-state index contributed by atoms with van der Waals surface area (Å²) in [7, 11) is 5.65. The molecule has 0 radical (unpaired) electrons. The van der Waals surface area contributed by atoms with Crippen LogP contribution in [0.3, 0.4) is 0 Å². The first-order chi connectivity index (χ1) is 9.97. The summed E-state index contributed by atoms with van der Waals surface area (Å²) in [6.45, 7) is 4.23. The maximum atomic E-state index is 9.06. The second-order valence-electron chi connectivity index (χ2n) is 5.19. The molecular weight excluding hydrogens is 327 g/mol. The number of methoxy groups -OCH3 is 1. The molecule has 0 heterocycles. The Bertz CT molecular complexity index is 445. The normalized spacial score (nSPS) is 12.0. The van der Waals surface area contributed by atoms with Gasteiger partial charge < -0.3 is 24.8 Å². The van der Waals surface area contributed by atoms with Crippen molar-refractivity contribution in [2.24, 2.45) is 0 Å². The van der Waals surface area contributed by atoms with Crippen LogP contribution >= 0.6 is 24.0 Å². The van der Waals surface area contributed by atoms with Gasteiger partial charge in [-0.2, -0.15) is 0 Å². The molecule has 1 atom stereocenters. The number of nitrogens with one attached hydrogen (secondary N) is 1. The summed E-state index contributed by atoms with van der Waals surface area (Å²) in [6.07, 6.45) is -0.306. The summed E-state index contributed by atoms with van der Waals surface area (Å²) in [5.74, 6) is 1.16. The molecule has 1 rings (SSSR count). The average Bonchev–Trinajstić information content (AvgIpc) is 2.44. The predicted molar refractivity (Wildman–Crippen MR) is 92.7 cm³/mol. The van der Waals surface area contributed by atoms with E-state index in [2.05, 4.69) is 10.2 Å². The highest BCUT2D eigenvalue weighted by molar-refractivity contribution is 6.31. The lowest BCUT2D eigenvalue weighted by atomic mass is 10.2. The molecule has 22 heavy (non-hydrogen) atoms. The van der Waals surface area contributed by atoms with Gasteiger partial charge in [0.2, 0.25) is 0 Å². The van der Waals surface area contributed by atoms with Crippen molar-refractivity contribution in [3.05, 3.63) is 22.7 Å². The Morgan fingerprint density at radius 1 is 1.32 bits per heavy atom. The van der Waals surface area contributed by atoms with Crippen LogP contribution in [0.5, 0.6) is 11.5 Å². The van der Waals surface area contributed by atoms with E-state index in [1.54, 1.807) is 20.1 Å². The fraction of sp³-hybridized carbons (Fsp3) is 0.600. The van der Waals surface area contributed by atoms with Gasteiger partial charge in [0.1, 0.15) is 6.10 Å². The first kappa shape index (κ1) is 21.3. The molecule has 1 aromatic rings. The van der Waals surface area contributed by atoms with Crippen LogP contribution in [0, 0.1) is 0 Å². The molecule has 2 N–H and O–H groups in total. The highest BCUT2D eigenvalue weighted by Gasteiger charge is 2.13. The molecular formula is C15H26Cl2N2O3. The van der Waals surface area contributed by atoms with Crippen LogP contribution in [-0.2, 0) is 6.54 Å². The van der Waals surface area contributed by atoms with E-state index in [4.69, 9.17) is 26.2 Å². The third-order valence-corrected chi connectivity index (χ3v) is 3.32. The van der Waals surface area contributed by atoms with Crippen molar-refractivity contribution in [1.82, 2.24) is 10.2 Å². The van der Waals surface area contributed by atoms with Gasteiger partial charge in [0.15, 0.2) is 11.5 Å². The lowest BCUT2D eigenvalue weighted by Gasteiger charge is -2.17. The molecule has 7 heteroatoms. The zero-order valence-corrected chi connectivity index (χ0v) is 15.1. The van der Waals surface area contributed by atoms with Gasteiger partial charge in [0.05, 0.1) is 13.7 Å².